The first-order valence-electron chi connectivity index (χ1n) is 7.60. The van der Waals surface area contributed by atoms with E-state index in [1.165, 1.54) is 19.4 Å². The predicted molar refractivity (Wildman–Crippen MR) is 99.9 cm³/mol. The van der Waals surface area contributed by atoms with Gasteiger partial charge in [0, 0.05) is 12.2 Å². The van der Waals surface area contributed by atoms with Crippen molar-refractivity contribution in [1.29, 1.82) is 0 Å². The second-order valence-corrected chi connectivity index (χ2v) is 5.11. The van der Waals surface area contributed by atoms with E-state index in [-0.39, 0.29) is 24.0 Å². The molecule has 1 unspecified atom stereocenters. The number of rotatable bonds is 7. The minimum atomic E-state index is 0. The number of hydrogen-bond acceptors (Lipinski definition) is 4. The number of halogens is 1. The van der Waals surface area contributed by atoms with Gasteiger partial charge in [0.15, 0.2) is 5.96 Å². The maximum absolute atomic E-state index is 5.87. The molecule has 0 aromatic carbocycles. The smallest absolute Gasteiger partial charge is 0.188 e. The lowest BCUT2D eigenvalue weighted by atomic mass is 10.2. The Balaban J connectivity index is 0.00000242. The van der Waals surface area contributed by atoms with Gasteiger partial charge in [0.05, 0.1) is 19.3 Å². The van der Waals surface area contributed by atoms with Crippen LogP contribution in [0.1, 0.15) is 19.8 Å². The molecule has 2 rings (SSSR count). The summed E-state index contributed by atoms with van der Waals surface area (Å²) in [6, 6.07) is 4.27. The zero-order valence-electron chi connectivity index (χ0n) is 13.1. The van der Waals surface area contributed by atoms with Gasteiger partial charge in [-0.15, -0.1) is 24.0 Å². The van der Waals surface area contributed by atoms with Crippen molar-refractivity contribution in [3.05, 3.63) is 24.5 Å². The molecule has 3 N–H and O–H groups in total. The highest BCUT2D eigenvalue weighted by atomic mass is 127. The van der Waals surface area contributed by atoms with Crippen LogP contribution < -0.4 is 15.8 Å². The minimum absolute atomic E-state index is 0. The summed E-state index contributed by atoms with van der Waals surface area (Å²) in [4.78, 5) is 10.9. The highest BCUT2D eigenvalue weighted by Gasteiger charge is 2.22. The van der Waals surface area contributed by atoms with E-state index in [9.17, 15) is 0 Å². The van der Waals surface area contributed by atoms with Crippen LogP contribution in [0.2, 0.25) is 0 Å². The monoisotopic (exact) mass is 419 g/mol. The highest BCUT2D eigenvalue weighted by Crippen LogP contribution is 2.16. The summed E-state index contributed by atoms with van der Waals surface area (Å²) in [7, 11) is 0. The number of pyridine rings is 1. The van der Waals surface area contributed by atoms with Crippen LogP contribution in [-0.4, -0.2) is 54.7 Å². The molecule has 1 atom stereocenters. The Labute approximate surface area is 149 Å². The summed E-state index contributed by atoms with van der Waals surface area (Å²) >= 11 is 0. The molecule has 124 valence electrons. The summed E-state index contributed by atoms with van der Waals surface area (Å²) in [6.07, 6.45) is 5.89. The first-order valence-corrected chi connectivity index (χ1v) is 7.60. The fourth-order valence-corrected chi connectivity index (χ4v) is 2.56. The molecule has 2 heterocycles. The summed E-state index contributed by atoms with van der Waals surface area (Å²) in [6.45, 7) is 6.41. The predicted octanol–water partition coefficient (Wildman–Crippen LogP) is 1.47. The van der Waals surface area contributed by atoms with Crippen molar-refractivity contribution in [3.8, 4) is 5.75 Å². The third-order valence-electron chi connectivity index (χ3n) is 3.69. The highest BCUT2D eigenvalue weighted by molar-refractivity contribution is 14.0. The summed E-state index contributed by atoms with van der Waals surface area (Å²) in [5.41, 5.74) is 5.87. The number of guanidine groups is 1. The average Bonchev–Trinajstić information content (AvgIpc) is 2.98. The van der Waals surface area contributed by atoms with Crippen LogP contribution >= 0.6 is 24.0 Å². The topological polar surface area (TPSA) is 75.8 Å². The number of hydrogen-bond donors (Lipinski definition) is 2. The lowest BCUT2D eigenvalue weighted by Crippen LogP contribution is -2.37. The zero-order chi connectivity index (χ0) is 14.9. The van der Waals surface area contributed by atoms with Crippen molar-refractivity contribution < 1.29 is 4.74 Å². The van der Waals surface area contributed by atoms with Gasteiger partial charge in [-0.2, -0.15) is 0 Å². The van der Waals surface area contributed by atoms with Gasteiger partial charge in [0.25, 0.3) is 0 Å². The van der Waals surface area contributed by atoms with Gasteiger partial charge < -0.3 is 15.8 Å². The Morgan fingerprint density at radius 2 is 2.45 bits per heavy atom. The molecule has 1 aromatic heterocycles. The van der Waals surface area contributed by atoms with Gasteiger partial charge in [-0.25, -0.2) is 0 Å². The molecule has 1 fully saturated rings. The molecule has 0 amide bonds. The number of ether oxygens (including phenoxy) is 1. The maximum Gasteiger partial charge on any atom is 0.188 e. The Kier molecular flexibility index (Phi) is 9.14. The van der Waals surface area contributed by atoms with Gasteiger partial charge in [0.1, 0.15) is 12.4 Å². The van der Waals surface area contributed by atoms with Crippen LogP contribution in [0.5, 0.6) is 5.75 Å². The second kappa shape index (κ2) is 10.6. The molecule has 7 heteroatoms. The Bertz CT molecular complexity index is 443. The van der Waals surface area contributed by atoms with Crippen molar-refractivity contribution in [1.82, 2.24) is 15.2 Å². The quantitative estimate of drug-likeness (QED) is 0.303. The van der Waals surface area contributed by atoms with Crippen molar-refractivity contribution in [2.75, 3.05) is 32.8 Å². The van der Waals surface area contributed by atoms with E-state index in [0.717, 1.165) is 18.8 Å². The van der Waals surface area contributed by atoms with E-state index in [2.05, 4.69) is 27.1 Å². The molecule has 0 spiro atoms. The Morgan fingerprint density at radius 3 is 3.18 bits per heavy atom. The van der Waals surface area contributed by atoms with Crippen LogP contribution in [0, 0.1) is 0 Å². The number of nitrogens with one attached hydrogen (secondary N) is 1. The first kappa shape index (κ1) is 19.0. The minimum Gasteiger partial charge on any atom is -0.490 e. The van der Waals surface area contributed by atoms with Crippen LogP contribution in [0.25, 0.3) is 0 Å². The second-order valence-electron chi connectivity index (χ2n) is 5.11. The van der Waals surface area contributed by atoms with Crippen LogP contribution in [0.3, 0.4) is 0 Å². The van der Waals surface area contributed by atoms with E-state index in [1.54, 1.807) is 12.4 Å². The van der Waals surface area contributed by atoms with Crippen molar-refractivity contribution in [2.45, 2.75) is 25.8 Å². The van der Waals surface area contributed by atoms with E-state index in [4.69, 9.17) is 10.5 Å². The normalized spacial score (nSPS) is 18.8. The summed E-state index contributed by atoms with van der Waals surface area (Å²) in [5, 5.41) is 3.07. The third-order valence-corrected chi connectivity index (χ3v) is 3.69. The molecule has 1 saturated heterocycles. The number of likely N-dealkylation sites (N-methyl/N-ethyl adjacent to an activating group) is 1. The van der Waals surface area contributed by atoms with E-state index in [0.29, 0.717) is 25.2 Å². The van der Waals surface area contributed by atoms with Gasteiger partial charge in [-0.05, 0) is 38.1 Å². The lowest BCUT2D eigenvalue weighted by Gasteiger charge is -2.20. The fourth-order valence-electron chi connectivity index (χ4n) is 2.56. The fraction of sp³-hybridized carbons (Fsp3) is 0.600. The summed E-state index contributed by atoms with van der Waals surface area (Å²) < 4.78 is 5.52. The zero-order valence-corrected chi connectivity index (χ0v) is 15.4. The SMILES string of the molecule is CCN1CCCC1CN=C(N)NCCOc1cccnc1.I. The molecule has 1 aromatic rings. The summed E-state index contributed by atoms with van der Waals surface area (Å²) in [5.74, 6) is 1.26. The van der Waals surface area contributed by atoms with Crippen molar-refractivity contribution in [2.24, 2.45) is 10.7 Å². The molecule has 1 aliphatic rings. The number of likely N-dealkylation sites (tertiary alicyclic amines) is 1. The molecule has 6 nitrogen and oxygen atoms in total. The van der Waals surface area contributed by atoms with Gasteiger partial charge in [-0.3, -0.25) is 14.9 Å². The van der Waals surface area contributed by atoms with Crippen LogP contribution in [0.4, 0.5) is 0 Å². The Hall–Kier alpha value is -1.09. The van der Waals surface area contributed by atoms with E-state index in [1.807, 2.05) is 12.1 Å². The Morgan fingerprint density at radius 1 is 1.59 bits per heavy atom. The van der Waals surface area contributed by atoms with E-state index < -0.39 is 0 Å². The van der Waals surface area contributed by atoms with Crippen LogP contribution in [0.15, 0.2) is 29.5 Å². The lowest BCUT2D eigenvalue weighted by molar-refractivity contribution is 0.273. The molecule has 0 aliphatic carbocycles. The molecular formula is C15H26IN5O. The van der Waals surface area contributed by atoms with Crippen molar-refractivity contribution in [3.63, 3.8) is 0 Å². The van der Waals surface area contributed by atoms with Crippen LogP contribution in [-0.2, 0) is 0 Å². The van der Waals surface area contributed by atoms with Crippen molar-refractivity contribution >= 4 is 29.9 Å². The van der Waals surface area contributed by atoms with Gasteiger partial charge in [0.2, 0.25) is 0 Å². The molecule has 0 saturated carbocycles. The average molecular weight is 419 g/mol. The number of nitrogens with zero attached hydrogens (tertiary/aromatic N) is 3. The van der Waals surface area contributed by atoms with E-state index >= 15 is 0 Å². The number of aromatic nitrogens is 1. The third kappa shape index (κ3) is 6.35. The number of aliphatic imine (C=N–C) groups is 1. The number of nitrogens with two attached hydrogens (primary N) is 1. The van der Waals surface area contributed by atoms with Gasteiger partial charge >= 0.3 is 0 Å². The molecule has 22 heavy (non-hydrogen) atoms. The molecule has 0 radical (unpaired) electrons. The maximum atomic E-state index is 5.87. The standard InChI is InChI=1S/C15H25N5O.HI/c1-2-20-9-4-5-13(20)11-19-15(16)18-8-10-21-14-6-3-7-17-12-14;/h3,6-7,12-13H,2,4-5,8-11H2,1H3,(H3,16,18,19);1H. The molecule has 1 aliphatic heterocycles. The van der Waals surface area contributed by atoms with Gasteiger partial charge in [-0.1, -0.05) is 6.92 Å². The molecule has 0 bridgehead atoms. The first-order chi connectivity index (χ1) is 10.3. The molecular weight excluding hydrogens is 393 g/mol. The largest absolute Gasteiger partial charge is 0.490 e.